The van der Waals surface area contributed by atoms with E-state index < -0.39 is 17.4 Å². The number of nitrogens with two attached hydrogens (primary N) is 1. The van der Waals surface area contributed by atoms with E-state index in [1.807, 2.05) is 13.0 Å². The molecule has 0 bridgehead atoms. The molecule has 3 rings (SSSR count). The quantitative estimate of drug-likeness (QED) is 0.901. The summed E-state index contributed by atoms with van der Waals surface area (Å²) in [4.78, 5) is 24.7. The summed E-state index contributed by atoms with van der Waals surface area (Å²) in [5.74, 6) is 0.0260. The number of methoxy groups -OCH3 is 1. The molecule has 24 heavy (non-hydrogen) atoms. The van der Waals surface area contributed by atoms with Gasteiger partial charge in [0.1, 0.15) is 16.9 Å². The third kappa shape index (κ3) is 2.72. The topological polar surface area (TPSA) is 94.6 Å². The fourth-order valence-electron chi connectivity index (χ4n) is 3.41. The Bertz CT molecular complexity index is 788. The van der Waals surface area contributed by atoms with Crippen LogP contribution in [0.2, 0.25) is 0 Å². The molecule has 0 atom stereocenters. The van der Waals surface area contributed by atoms with Crippen molar-refractivity contribution >= 4 is 22.8 Å². The molecule has 1 fully saturated rings. The smallest absolute Gasteiger partial charge is 0.288 e. The van der Waals surface area contributed by atoms with Crippen LogP contribution in [-0.2, 0) is 4.79 Å². The first kappa shape index (κ1) is 16.4. The molecule has 2 aromatic rings. The standard InChI is InChI=1S/C18H22N2O4/c1-11-13-10-12(23-2)6-7-14(13)24-15(11)16(21)20-18(17(19)22)8-4-3-5-9-18/h6-7,10H,3-5,8-9H2,1-2H3,(H2,19,22)(H,20,21). The van der Waals surface area contributed by atoms with Gasteiger partial charge in [-0.2, -0.15) is 0 Å². The van der Waals surface area contributed by atoms with Crippen LogP contribution in [0.1, 0.15) is 48.2 Å². The lowest BCUT2D eigenvalue weighted by Crippen LogP contribution is -2.58. The molecule has 3 N–H and O–H groups in total. The first-order chi connectivity index (χ1) is 11.5. The van der Waals surface area contributed by atoms with Crippen LogP contribution in [0.5, 0.6) is 5.75 Å². The third-order valence-corrected chi connectivity index (χ3v) is 4.88. The molecule has 0 saturated heterocycles. The predicted molar refractivity (Wildman–Crippen MR) is 90.0 cm³/mol. The Hall–Kier alpha value is -2.50. The Morgan fingerprint density at radius 3 is 2.58 bits per heavy atom. The molecule has 1 saturated carbocycles. The Balaban J connectivity index is 1.93. The van der Waals surface area contributed by atoms with E-state index in [1.54, 1.807) is 19.2 Å². The molecule has 1 aliphatic rings. The lowest BCUT2D eigenvalue weighted by Gasteiger charge is -2.34. The minimum atomic E-state index is -0.974. The van der Waals surface area contributed by atoms with Crippen molar-refractivity contribution in [3.63, 3.8) is 0 Å². The number of primary amides is 1. The molecule has 2 amide bonds. The maximum Gasteiger partial charge on any atom is 0.288 e. The number of ether oxygens (including phenoxy) is 1. The Kier molecular flexibility index (Phi) is 4.22. The number of nitrogens with one attached hydrogen (secondary N) is 1. The maximum atomic E-state index is 12.7. The number of fused-ring (bicyclic) bond motifs is 1. The maximum absolute atomic E-state index is 12.7. The molecule has 0 radical (unpaired) electrons. The fraction of sp³-hybridized carbons (Fsp3) is 0.444. The van der Waals surface area contributed by atoms with Crippen LogP contribution in [-0.4, -0.2) is 24.5 Å². The number of aryl methyl sites for hydroxylation is 1. The van der Waals surface area contributed by atoms with Gasteiger partial charge in [-0.1, -0.05) is 19.3 Å². The van der Waals surface area contributed by atoms with Crippen molar-refractivity contribution in [3.05, 3.63) is 29.5 Å². The van der Waals surface area contributed by atoms with Crippen LogP contribution < -0.4 is 15.8 Å². The van der Waals surface area contributed by atoms with Crippen molar-refractivity contribution in [3.8, 4) is 5.75 Å². The average Bonchev–Trinajstić information content (AvgIpc) is 2.92. The molecule has 6 heteroatoms. The molecular formula is C18H22N2O4. The number of benzene rings is 1. The van der Waals surface area contributed by atoms with Gasteiger partial charge < -0.3 is 20.2 Å². The largest absolute Gasteiger partial charge is 0.497 e. The van der Waals surface area contributed by atoms with Crippen LogP contribution in [0.4, 0.5) is 0 Å². The van der Waals surface area contributed by atoms with Crippen LogP contribution in [0, 0.1) is 6.92 Å². The van der Waals surface area contributed by atoms with Crippen molar-refractivity contribution in [1.82, 2.24) is 5.32 Å². The van der Waals surface area contributed by atoms with E-state index in [9.17, 15) is 9.59 Å². The minimum absolute atomic E-state index is 0.212. The zero-order valence-corrected chi connectivity index (χ0v) is 14.0. The van der Waals surface area contributed by atoms with Crippen LogP contribution in [0.3, 0.4) is 0 Å². The molecule has 0 unspecified atom stereocenters. The highest BCUT2D eigenvalue weighted by atomic mass is 16.5. The van der Waals surface area contributed by atoms with E-state index >= 15 is 0 Å². The number of carbonyl (C=O) groups excluding carboxylic acids is 2. The second kappa shape index (κ2) is 6.19. The van der Waals surface area contributed by atoms with E-state index in [4.69, 9.17) is 14.9 Å². The van der Waals surface area contributed by atoms with E-state index in [0.717, 1.165) is 30.2 Å². The van der Waals surface area contributed by atoms with Crippen molar-refractivity contribution in [2.24, 2.45) is 5.73 Å². The molecule has 1 aliphatic carbocycles. The van der Waals surface area contributed by atoms with Gasteiger partial charge in [-0.15, -0.1) is 0 Å². The minimum Gasteiger partial charge on any atom is -0.497 e. The summed E-state index contributed by atoms with van der Waals surface area (Å²) in [6.45, 7) is 1.82. The highest BCUT2D eigenvalue weighted by molar-refractivity contribution is 6.02. The summed E-state index contributed by atoms with van der Waals surface area (Å²) in [6.07, 6.45) is 3.94. The van der Waals surface area contributed by atoms with Gasteiger partial charge in [0.2, 0.25) is 5.91 Å². The average molecular weight is 330 g/mol. The highest BCUT2D eigenvalue weighted by Gasteiger charge is 2.40. The van der Waals surface area contributed by atoms with Gasteiger partial charge >= 0.3 is 0 Å². The molecule has 0 aliphatic heterocycles. The molecule has 1 heterocycles. The summed E-state index contributed by atoms with van der Waals surface area (Å²) in [6, 6.07) is 5.37. The van der Waals surface area contributed by atoms with Gasteiger partial charge in [-0.25, -0.2) is 0 Å². The van der Waals surface area contributed by atoms with Crippen LogP contribution in [0.25, 0.3) is 11.0 Å². The molecule has 1 aromatic heterocycles. The molecule has 128 valence electrons. The Labute approximate surface area is 140 Å². The van der Waals surface area contributed by atoms with E-state index in [-0.39, 0.29) is 5.76 Å². The Morgan fingerprint density at radius 2 is 1.96 bits per heavy atom. The summed E-state index contributed by atoms with van der Waals surface area (Å²) < 4.78 is 10.9. The van der Waals surface area contributed by atoms with Crippen LogP contribution in [0.15, 0.2) is 22.6 Å². The van der Waals surface area contributed by atoms with E-state index in [0.29, 0.717) is 24.2 Å². The fourth-order valence-corrected chi connectivity index (χ4v) is 3.41. The van der Waals surface area contributed by atoms with E-state index in [2.05, 4.69) is 5.32 Å². The lowest BCUT2D eigenvalue weighted by atomic mass is 9.81. The van der Waals surface area contributed by atoms with Crippen molar-refractivity contribution < 1.29 is 18.7 Å². The first-order valence-electron chi connectivity index (χ1n) is 8.16. The Morgan fingerprint density at radius 1 is 1.25 bits per heavy atom. The number of carbonyl (C=O) groups is 2. The first-order valence-corrected chi connectivity index (χ1v) is 8.16. The normalized spacial score (nSPS) is 16.8. The van der Waals surface area contributed by atoms with Gasteiger partial charge in [0, 0.05) is 10.9 Å². The van der Waals surface area contributed by atoms with Gasteiger partial charge in [0.15, 0.2) is 5.76 Å². The third-order valence-electron chi connectivity index (χ3n) is 4.88. The van der Waals surface area contributed by atoms with Gasteiger partial charge in [-0.05, 0) is 38.0 Å². The van der Waals surface area contributed by atoms with Crippen molar-refractivity contribution in [1.29, 1.82) is 0 Å². The van der Waals surface area contributed by atoms with E-state index in [1.165, 1.54) is 0 Å². The lowest BCUT2D eigenvalue weighted by molar-refractivity contribution is -0.125. The highest BCUT2D eigenvalue weighted by Crippen LogP contribution is 2.31. The molecular weight excluding hydrogens is 308 g/mol. The number of hydrogen-bond donors (Lipinski definition) is 2. The zero-order valence-electron chi connectivity index (χ0n) is 14.0. The summed E-state index contributed by atoms with van der Waals surface area (Å²) >= 11 is 0. The van der Waals surface area contributed by atoms with Gasteiger partial charge in [-0.3, -0.25) is 9.59 Å². The molecule has 0 spiro atoms. The zero-order chi connectivity index (χ0) is 17.3. The molecule has 1 aromatic carbocycles. The number of furan rings is 1. The van der Waals surface area contributed by atoms with Crippen molar-refractivity contribution in [2.45, 2.75) is 44.6 Å². The summed E-state index contributed by atoms with van der Waals surface area (Å²) in [7, 11) is 1.59. The number of hydrogen-bond acceptors (Lipinski definition) is 4. The second-order valence-corrected chi connectivity index (χ2v) is 6.38. The SMILES string of the molecule is COc1ccc2oc(C(=O)NC3(C(N)=O)CCCCC3)c(C)c2c1. The second-order valence-electron chi connectivity index (χ2n) is 6.38. The van der Waals surface area contributed by atoms with Gasteiger partial charge in [0.25, 0.3) is 5.91 Å². The molecule has 6 nitrogen and oxygen atoms in total. The monoisotopic (exact) mass is 330 g/mol. The van der Waals surface area contributed by atoms with Crippen LogP contribution >= 0.6 is 0 Å². The van der Waals surface area contributed by atoms with Crippen molar-refractivity contribution in [2.75, 3.05) is 7.11 Å². The van der Waals surface area contributed by atoms with Gasteiger partial charge in [0.05, 0.1) is 7.11 Å². The predicted octanol–water partition coefficient (Wildman–Crippen LogP) is 2.67. The number of rotatable bonds is 4. The number of amides is 2. The summed E-state index contributed by atoms with van der Waals surface area (Å²) in [5.41, 5.74) is 5.93. The summed E-state index contributed by atoms with van der Waals surface area (Å²) in [5, 5.41) is 3.66.